The molecule has 0 radical (unpaired) electrons. The van der Waals surface area contributed by atoms with Gasteiger partial charge in [0.2, 0.25) is 5.91 Å². The van der Waals surface area contributed by atoms with Gasteiger partial charge in [0.15, 0.2) is 0 Å². The van der Waals surface area contributed by atoms with Crippen LogP contribution in [0.25, 0.3) is 0 Å². The fourth-order valence-corrected chi connectivity index (χ4v) is 2.16. The fourth-order valence-electron chi connectivity index (χ4n) is 2.16. The molecule has 0 aliphatic carbocycles. The number of nitrogens with one attached hydrogen (secondary N) is 1. The summed E-state index contributed by atoms with van der Waals surface area (Å²) in [5, 5.41) is 3.29. The van der Waals surface area contributed by atoms with Crippen molar-refractivity contribution in [3.8, 4) is 0 Å². The van der Waals surface area contributed by atoms with Crippen LogP contribution in [0.1, 0.15) is 33.6 Å². The Labute approximate surface area is 93.2 Å². The lowest BCUT2D eigenvalue weighted by molar-refractivity contribution is -0.135. The van der Waals surface area contributed by atoms with Gasteiger partial charge in [0.25, 0.3) is 0 Å². The predicted octanol–water partition coefficient (Wildman–Crippen LogP) is 1.49. The van der Waals surface area contributed by atoms with Crippen molar-refractivity contribution in [2.45, 2.75) is 33.6 Å². The zero-order valence-electron chi connectivity index (χ0n) is 10.5. The molecule has 0 spiro atoms. The van der Waals surface area contributed by atoms with Gasteiger partial charge in [-0.05, 0) is 24.8 Å². The number of hydrogen-bond acceptors (Lipinski definition) is 2. The highest BCUT2D eigenvalue weighted by Gasteiger charge is 2.26. The van der Waals surface area contributed by atoms with Gasteiger partial charge in [-0.15, -0.1) is 0 Å². The smallest absolute Gasteiger partial charge is 0.226 e. The molecule has 15 heavy (non-hydrogen) atoms. The van der Waals surface area contributed by atoms with Gasteiger partial charge >= 0.3 is 0 Å². The minimum Gasteiger partial charge on any atom is -0.345 e. The van der Waals surface area contributed by atoms with E-state index in [2.05, 4.69) is 26.1 Å². The minimum atomic E-state index is 0.187. The van der Waals surface area contributed by atoms with Crippen molar-refractivity contribution in [1.29, 1.82) is 0 Å². The predicted molar refractivity (Wildman–Crippen MR) is 62.7 cm³/mol. The van der Waals surface area contributed by atoms with Crippen LogP contribution in [0.3, 0.4) is 0 Å². The molecule has 3 nitrogen and oxygen atoms in total. The van der Waals surface area contributed by atoms with E-state index < -0.39 is 0 Å². The number of carbonyl (C=O) groups is 1. The number of piperidine rings is 1. The molecule has 1 aliphatic heterocycles. The van der Waals surface area contributed by atoms with E-state index in [9.17, 15) is 4.79 Å². The summed E-state index contributed by atoms with van der Waals surface area (Å²) in [5.74, 6) is 0.503. The normalized spacial score (nSPS) is 22.5. The van der Waals surface area contributed by atoms with Gasteiger partial charge in [0.1, 0.15) is 0 Å². The highest BCUT2D eigenvalue weighted by Crippen LogP contribution is 2.18. The van der Waals surface area contributed by atoms with Crippen molar-refractivity contribution in [1.82, 2.24) is 10.2 Å². The average molecular weight is 212 g/mol. The Balaban J connectivity index is 2.44. The molecule has 1 N–H and O–H groups in total. The molecule has 1 unspecified atom stereocenters. The minimum absolute atomic E-state index is 0.187. The standard InChI is InChI=1S/C12H24N2O/c1-12(2,3)9-14(4)11(15)10-6-5-7-13-8-10/h10,13H,5-9H2,1-4H3. The van der Waals surface area contributed by atoms with Crippen molar-refractivity contribution >= 4 is 5.91 Å². The van der Waals surface area contributed by atoms with Crippen LogP contribution in [0.5, 0.6) is 0 Å². The molecule has 0 saturated carbocycles. The third-order valence-corrected chi connectivity index (χ3v) is 2.73. The van der Waals surface area contributed by atoms with Gasteiger partial charge in [-0.2, -0.15) is 0 Å². The average Bonchev–Trinajstić information content (AvgIpc) is 2.15. The summed E-state index contributed by atoms with van der Waals surface area (Å²) < 4.78 is 0. The van der Waals surface area contributed by atoms with Crippen LogP contribution in [0.15, 0.2) is 0 Å². The van der Waals surface area contributed by atoms with Crippen LogP contribution in [-0.4, -0.2) is 37.5 Å². The molecular weight excluding hydrogens is 188 g/mol. The van der Waals surface area contributed by atoms with Crippen LogP contribution in [-0.2, 0) is 4.79 Å². The van der Waals surface area contributed by atoms with E-state index in [1.165, 1.54) is 0 Å². The summed E-state index contributed by atoms with van der Waals surface area (Å²) in [6.07, 6.45) is 2.17. The number of amides is 1. The largest absolute Gasteiger partial charge is 0.345 e. The van der Waals surface area contributed by atoms with Crippen molar-refractivity contribution in [3.63, 3.8) is 0 Å². The summed E-state index contributed by atoms with van der Waals surface area (Å²) in [5.41, 5.74) is 0.187. The van der Waals surface area contributed by atoms with Gasteiger partial charge in [-0.25, -0.2) is 0 Å². The van der Waals surface area contributed by atoms with Crippen molar-refractivity contribution < 1.29 is 4.79 Å². The second kappa shape index (κ2) is 4.97. The van der Waals surface area contributed by atoms with E-state index in [-0.39, 0.29) is 11.3 Å². The molecule has 0 aromatic rings. The van der Waals surface area contributed by atoms with E-state index in [0.29, 0.717) is 5.91 Å². The molecule has 1 aliphatic rings. The number of carbonyl (C=O) groups excluding carboxylic acids is 1. The quantitative estimate of drug-likeness (QED) is 0.752. The Kier molecular flexibility index (Phi) is 4.14. The van der Waals surface area contributed by atoms with Crippen LogP contribution in [0.2, 0.25) is 0 Å². The van der Waals surface area contributed by atoms with E-state index in [4.69, 9.17) is 0 Å². The maximum atomic E-state index is 12.1. The number of hydrogen-bond donors (Lipinski definition) is 1. The fraction of sp³-hybridized carbons (Fsp3) is 0.917. The van der Waals surface area contributed by atoms with Crippen molar-refractivity contribution in [2.24, 2.45) is 11.3 Å². The maximum Gasteiger partial charge on any atom is 0.226 e. The molecule has 1 rings (SSSR count). The monoisotopic (exact) mass is 212 g/mol. The third kappa shape index (κ3) is 4.20. The second-order valence-corrected chi connectivity index (χ2v) is 5.80. The van der Waals surface area contributed by atoms with Crippen LogP contribution in [0, 0.1) is 11.3 Å². The third-order valence-electron chi connectivity index (χ3n) is 2.73. The zero-order valence-corrected chi connectivity index (χ0v) is 10.5. The maximum absolute atomic E-state index is 12.1. The van der Waals surface area contributed by atoms with Crippen LogP contribution >= 0.6 is 0 Å². The second-order valence-electron chi connectivity index (χ2n) is 5.80. The summed E-state index contributed by atoms with van der Waals surface area (Å²) in [6, 6.07) is 0. The van der Waals surface area contributed by atoms with E-state index in [1.54, 1.807) is 0 Å². The molecule has 1 atom stereocenters. The van der Waals surface area contributed by atoms with Crippen molar-refractivity contribution in [3.05, 3.63) is 0 Å². The first-order chi connectivity index (χ1) is 6.90. The summed E-state index contributed by atoms with van der Waals surface area (Å²) in [6.45, 7) is 9.24. The molecule has 3 heteroatoms. The number of rotatable bonds is 2. The Bertz CT molecular complexity index is 214. The van der Waals surface area contributed by atoms with Gasteiger partial charge in [-0.3, -0.25) is 4.79 Å². The van der Waals surface area contributed by atoms with Crippen LogP contribution in [0.4, 0.5) is 0 Å². The molecule has 1 fully saturated rings. The Morgan fingerprint density at radius 1 is 1.47 bits per heavy atom. The van der Waals surface area contributed by atoms with Gasteiger partial charge in [-0.1, -0.05) is 20.8 Å². The molecule has 0 aromatic heterocycles. The lowest BCUT2D eigenvalue weighted by Crippen LogP contribution is -2.43. The Morgan fingerprint density at radius 2 is 2.13 bits per heavy atom. The Morgan fingerprint density at radius 3 is 2.60 bits per heavy atom. The molecule has 1 amide bonds. The first-order valence-electron chi connectivity index (χ1n) is 5.86. The number of nitrogens with zero attached hydrogens (tertiary/aromatic N) is 1. The zero-order chi connectivity index (χ0) is 11.5. The molecule has 88 valence electrons. The van der Waals surface area contributed by atoms with Crippen LogP contribution < -0.4 is 5.32 Å². The lowest BCUT2D eigenvalue weighted by atomic mass is 9.94. The highest BCUT2D eigenvalue weighted by molar-refractivity contribution is 5.79. The summed E-state index contributed by atoms with van der Waals surface area (Å²) >= 11 is 0. The van der Waals surface area contributed by atoms with Crippen molar-refractivity contribution in [2.75, 3.05) is 26.7 Å². The van der Waals surface area contributed by atoms with E-state index in [1.807, 2.05) is 11.9 Å². The van der Waals surface area contributed by atoms with Gasteiger partial charge in [0.05, 0.1) is 5.92 Å². The molecule has 1 heterocycles. The molecule has 1 saturated heterocycles. The molecule has 0 aromatic carbocycles. The highest BCUT2D eigenvalue weighted by atomic mass is 16.2. The molecular formula is C12H24N2O. The SMILES string of the molecule is CN(CC(C)(C)C)C(=O)C1CCCNC1. The van der Waals surface area contributed by atoms with Gasteiger partial charge < -0.3 is 10.2 Å². The summed E-state index contributed by atoms with van der Waals surface area (Å²) in [7, 11) is 1.92. The van der Waals surface area contributed by atoms with Gasteiger partial charge in [0, 0.05) is 20.1 Å². The topological polar surface area (TPSA) is 32.3 Å². The van der Waals surface area contributed by atoms with E-state index >= 15 is 0 Å². The molecule has 0 bridgehead atoms. The lowest BCUT2D eigenvalue weighted by Gasteiger charge is -2.31. The first kappa shape index (κ1) is 12.5. The summed E-state index contributed by atoms with van der Waals surface area (Å²) in [4.78, 5) is 13.9. The van der Waals surface area contributed by atoms with E-state index in [0.717, 1.165) is 32.5 Å². The first-order valence-corrected chi connectivity index (χ1v) is 5.86. The Hall–Kier alpha value is -0.570.